The number of ether oxygens (including phenoxy) is 4. The van der Waals surface area contributed by atoms with Crippen LogP contribution in [-0.4, -0.2) is 98.0 Å². The van der Waals surface area contributed by atoms with Gasteiger partial charge in [-0.3, -0.25) is 23.7 Å². The van der Waals surface area contributed by atoms with E-state index in [9.17, 15) is 19.5 Å². The summed E-state index contributed by atoms with van der Waals surface area (Å²) in [6.45, 7) is 4.81. The van der Waals surface area contributed by atoms with E-state index in [1.54, 1.807) is 52.3 Å². The topological polar surface area (TPSA) is 189 Å². The number of rotatable bonds is 6. The van der Waals surface area contributed by atoms with E-state index in [2.05, 4.69) is 30.2 Å². The van der Waals surface area contributed by atoms with Gasteiger partial charge in [0, 0.05) is 61.5 Å². The maximum Gasteiger partial charge on any atom is 0.345 e. The summed E-state index contributed by atoms with van der Waals surface area (Å²) < 4.78 is 48.7. The Balaban J connectivity index is 1.23. The van der Waals surface area contributed by atoms with Gasteiger partial charge < -0.3 is 29.0 Å². The second-order valence-electron chi connectivity index (χ2n) is 17.3. The maximum atomic E-state index is 15.2. The molecule has 8 rings (SSSR count). The molecule has 2 amide bonds. The first kappa shape index (κ1) is 43.5. The Labute approximate surface area is 366 Å². The fraction of sp³-hybridized carbons (Fsp3) is 0.523. The van der Waals surface area contributed by atoms with Gasteiger partial charge in [0.05, 0.1) is 37.9 Å². The van der Waals surface area contributed by atoms with E-state index in [0.29, 0.717) is 36.2 Å². The van der Waals surface area contributed by atoms with Crippen LogP contribution in [0, 0.1) is 17.8 Å². The predicted octanol–water partition coefficient (Wildman–Crippen LogP) is 5.68. The average Bonchev–Trinajstić information content (AvgIpc) is 3.78. The Morgan fingerprint density at radius 2 is 1.71 bits per heavy atom. The number of anilines is 1. The number of aryl methyl sites for hydroxylation is 3. The van der Waals surface area contributed by atoms with Crippen LogP contribution in [0.25, 0.3) is 0 Å². The molecule has 2 aliphatic carbocycles. The van der Waals surface area contributed by atoms with Gasteiger partial charge in [-0.05, 0) is 105 Å². The number of fused-ring (bicyclic) bond motifs is 4. The minimum Gasteiger partial charge on any atom is -0.490 e. The van der Waals surface area contributed by atoms with E-state index in [-0.39, 0.29) is 53.1 Å². The van der Waals surface area contributed by atoms with Crippen LogP contribution in [0.2, 0.25) is 5.02 Å². The first-order valence-electron chi connectivity index (χ1n) is 21.1. The van der Waals surface area contributed by atoms with Crippen molar-refractivity contribution in [3.63, 3.8) is 0 Å². The molecule has 2 aliphatic heterocycles. The minimum absolute atomic E-state index is 0.000590. The summed E-state index contributed by atoms with van der Waals surface area (Å²) in [5.74, 6) is -2.22. The van der Waals surface area contributed by atoms with E-state index in [0.717, 1.165) is 32.1 Å². The van der Waals surface area contributed by atoms with E-state index in [4.69, 9.17) is 30.5 Å². The average molecular weight is 892 g/mol. The quantitative estimate of drug-likeness (QED) is 0.226. The maximum absolute atomic E-state index is 15.2. The summed E-state index contributed by atoms with van der Waals surface area (Å²) in [6, 6.07) is 11.1. The van der Waals surface area contributed by atoms with Crippen LogP contribution in [0.4, 0.5) is 5.69 Å². The van der Waals surface area contributed by atoms with Crippen LogP contribution >= 0.6 is 11.6 Å². The summed E-state index contributed by atoms with van der Waals surface area (Å²) >= 11 is 6.51. The van der Waals surface area contributed by atoms with Crippen LogP contribution in [0.3, 0.4) is 0 Å². The summed E-state index contributed by atoms with van der Waals surface area (Å²) in [5.41, 5.74) is 2.98. The zero-order valence-electron chi connectivity index (χ0n) is 35.8. The number of carbonyl (C=O) groups is 3. The SMILES string of the molecule is COc1nn(C)cc1C(=O)NS1(=O)=NC(=O)c2ccc3c(c2)N(CC2CCC2C(OC(=O)c2cn(C)nc2OC)CCC(O)C(C)C1C)CC1(CCCc2cc(Cl)ccc21)CO3. The van der Waals surface area contributed by atoms with Gasteiger partial charge in [-0.25, -0.2) is 9.00 Å². The van der Waals surface area contributed by atoms with Gasteiger partial charge in [0.2, 0.25) is 11.8 Å². The molecule has 0 saturated heterocycles. The molecule has 4 aromatic rings. The van der Waals surface area contributed by atoms with Crippen molar-refractivity contribution in [2.24, 2.45) is 36.2 Å². The van der Waals surface area contributed by atoms with Gasteiger partial charge in [-0.2, -0.15) is 0 Å². The third-order valence-electron chi connectivity index (χ3n) is 13.4. The highest BCUT2D eigenvalue weighted by Gasteiger charge is 2.46. The van der Waals surface area contributed by atoms with Crippen molar-refractivity contribution < 1.29 is 42.6 Å². The van der Waals surface area contributed by atoms with E-state index in [1.807, 2.05) is 12.1 Å². The molecular weight excluding hydrogens is 838 g/mol. The molecule has 1 spiro atoms. The monoisotopic (exact) mass is 891 g/mol. The standard InChI is InChI=1S/C44H54ClN7O9S/c1-25-26(2)62(57,49-40(55)32-21-50(3)46-41(32)58-5)48-39(54)28-10-15-38-35(19-28)52(23-44(24-60-38)17-7-8-27-18-30(45)11-13-34(27)44)20-29-9-12-31(29)37(16-14-36(25)53)61-43(56)33-22-51(4)47-42(33)59-6/h10-11,13,15,18-19,21-22,25-26,29,31,36-37,53H,7-9,12,14,16-17,20,23-24H2,1-6H3,(H,48,49,54,55,57). The van der Waals surface area contributed by atoms with Crippen molar-refractivity contribution in [3.8, 4) is 17.5 Å². The Kier molecular flexibility index (Phi) is 12.1. The molecule has 1 saturated carbocycles. The number of amides is 2. The largest absolute Gasteiger partial charge is 0.490 e. The molecule has 2 aromatic heterocycles. The molecule has 2 N–H and O–H groups in total. The highest BCUT2D eigenvalue weighted by molar-refractivity contribution is 7.93. The third kappa shape index (κ3) is 8.26. The highest BCUT2D eigenvalue weighted by atomic mass is 35.5. The summed E-state index contributed by atoms with van der Waals surface area (Å²) in [4.78, 5) is 44.4. The number of nitrogens with zero attached hydrogens (tertiary/aromatic N) is 6. The van der Waals surface area contributed by atoms with Gasteiger partial charge >= 0.3 is 5.97 Å². The van der Waals surface area contributed by atoms with Crippen LogP contribution in [0.1, 0.15) is 94.6 Å². The zero-order chi connectivity index (χ0) is 44.1. The van der Waals surface area contributed by atoms with Gasteiger partial charge in [-0.1, -0.05) is 24.6 Å². The van der Waals surface area contributed by atoms with E-state index < -0.39 is 56.5 Å². The zero-order valence-corrected chi connectivity index (χ0v) is 37.4. The number of methoxy groups -OCH3 is 2. The molecule has 16 nitrogen and oxygen atoms in total. The molecule has 0 radical (unpaired) electrons. The number of aromatic nitrogens is 4. The van der Waals surface area contributed by atoms with Gasteiger partial charge in [0.15, 0.2) is 0 Å². The Hall–Kier alpha value is -5.13. The summed E-state index contributed by atoms with van der Waals surface area (Å²) in [6.07, 6.45) is 6.09. The number of benzene rings is 2. The fourth-order valence-electron chi connectivity index (χ4n) is 9.70. The number of esters is 1. The fourth-order valence-corrected chi connectivity index (χ4v) is 11.8. The van der Waals surface area contributed by atoms with Crippen LogP contribution in [-0.2, 0) is 40.6 Å². The van der Waals surface area contributed by atoms with Gasteiger partial charge in [0.1, 0.15) is 32.9 Å². The molecule has 2 aromatic carbocycles. The molecular formula is C44H54ClN7O9S. The van der Waals surface area contributed by atoms with Crippen molar-refractivity contribution in [2.45, 2.75) is 81.7 Å². The smallest absolute Gasteiger partial charge is 0.345 e. The second-order valence-corrected chi connectivity index (χ2v) is 20.0. The highest BCUT2D eigenvalue weighted by Crippen LogP contribution is 2.47. The molecule has 4 heterocycles. The summed E-state index contributed by atoms with van der Waals surface area (Å²) in [5, 5.41) is 19.9. The van der Waals surface area contributed by atoms with Crippen LogP contribution in [0.5, 0.6) is 17.5 Å². The molecule has 62 heavy (non-hydrogen) atoms. The van der Waals surface area contributed by atoms with E-state index in [1.165, 1.54) is 40.9 Å². The molecule has 1 fully saturated rings. The predicted molar refractivity (Wildman–Crippen MR) is 231 cm³/mol. The van der Waals surface area contributed by atoms with Crippen LogP contribution in [0.15, 0.2) is 53.2 Å². The molecule has 332 valence electrons. The lowest BCUT2D eigenvalue weighted by Crippen LogP contribution is -2.50. The first-order chi connectivity index (χ1) is 29.6. The third-order valence-corrected chi connectivity index (χ3v) is 16.0. The summed E-state index contributed by atoms with van der Waals surface area (Å²) in [7, 11) is 2.15. The Bertz CT molecular complexity index is 2520. The van der Waals surface area contributed by atoms with Crippen molar-refractivity contribution >= 4 is 45.0 Å². The molecule has 4 aliphatic rings. The molecule has 8 unspecified atom stereocenters. The lowest BCUT2D eigenvalue weighted by Gasteiger charge is -2.46. The van der Waals surface area contributed by atoms with Gasteiger partial charge in [-0.15, -0.1) is 14.6 Å². The van der Waals surface area contributed by atoms with Crippen molar-refractivity contribution in [1.82, 2.24) is 24.3 Å². The molecule has 18 heteroatoms. The van der Waals surface area contributed by atoms with Crippen molar-refractivity contribution in [3.05, 3.63) is 81.6 Å². The van der Waals surface area contributed by atoms with Crippen molar-refractivity contribution in [1.29, 1.82) is 0 Å². The van der Waals surface area contributed by atoms with Crippen molar-refractivity contribution in [2.75, 3.05) is 38.8 Å². The second kappa shape index (κ2) is 17.2. The number of aliphatic hydroxyl groups excluding tert-OH is 1. The molecule has 8 atom stereocenters. The Morgan fingerprint density at radius 3 is 2.42 bits per heavy atom. The number of carbonyl (C=O) groups excluding carboxylic acids is 3. The van der Waals surface area contributed by atoms with E-state index >= 15 is 4.21 Å². The minimum atomic E-state index is -3.96. The normalized spacial score (nSPS) is 28.6. The lowest BCUT2D eigenvalue weighted by molar-refractivity contribution is -0.0320. The van der Waals surface area contributed by atoms with Crippen LogP contribution < -0.4 is 23.8 Å². The number of hydrogen-bond acceptors (Lipinski definition) is 12. The first-order valence-corrected chi connectivity index (χ1v) is 23.0. The van der Waals surface area contributed by atoms with Gasteiger partial charge in [0.25, 0.3) is 11.8 Å². The number of nitrogens with one attached hydrogen (secondary N) is 1. The number of aliphatic hydroxyl groups is 1. The molecule has 2 bridgehead atoms. The number of hydrogen-bond donors (Lipinski definition) is 2. The lowest BCUT2D eigenvalue weighted by atomic mass is 9.68. The Morgan fingerprint density at radius 1 is 0.984 bits per heavy atom. The number of halogens is 1.